The lowest BCUT2D eigenvalue weighted by molar-refractivity contribution is 0.187. The quantitative estimate of drug-likeness (QED) is 0.748. The third-order valence-corrected chi connectivity index (χ3v) is 2.81. The largest absolute Gasteiger partial charge is 0.488 e. The summed E-state index contributed by atoms with van der Waals surface area (Å²) in [7, 11) is 0. The molecular weight excluding hydrogens is 250 g/mol. The molecule has 0 saturated heterocycles. The summed E-state index contributed by atoms with van der Waals surface area (Å²) in [5.41, 5.74) is 0.747. The van der Waals surface area contributed by atoms with Gasteiger partial charge in [0.15, 0.2) is 0 Å². The highest BCUT2D eigenvalue weighted by Gasteiger charge is 2.15. The molecule has 2 N–H and O–H groups in total. The van der Waals surface area contributed by atoms with E-state index in [9.17, 15) is 0 Å². The molecule has 0 aliphatic carbocycles. The Morgan fingerprint density at radius 2 is 2.22 bits per heavy atom. The maximum Gasteiger partial charge on any atom is 0.138 e. The molecule has 18 heavy (non-hydrogen) atoms. The highest BCUT2D eigenvalue weighted by molar-refractivity contribution is 6.32. The number of halogens is 1. The topological polar surface area (TPSA) is 41.5 Å². The van der Waals surface area contributed by atoms with Gasteiger partial charge in [0, 0.05) is 12.1 Å². The Balaban J connectivity index is 2.64. The second-order valence-electron chi connectivity index (χ2n) is 4.76. The zero-order chi connectivity index (χ0) is 13.6. The van der Waals surface area contributed by atoms with Gasteiger partial charge in [0.1, 0.15) is 12.4 Å². The van der Waals surface area contributed by atoms with Crippen LogP contribution in [-0.2, 0) is 6.54 Å². The third kappa shape index (κ3) is 4.69. The predicted molar refractivity (Wildman–Crippen MR) is 75.1 cm³/mol. The van der Waals surface area contributed by atoms with Crippen molar-refractivity contribution in [3.63, 3.8) is 0 Å². The summed E-state index contributed by atoms with van der Waals surface area (Å²) in [6.45, 7) is 8.64. The molecule has 1 aromatic rings. The summed E-state index contributed by atoms with van der Waals surface area (Å²) >= 11 is 6.11. The van der Waals surface area contributed by atoms with E-state index < -0.39 is 0 Å². The van der Waals surface area contributed by atoms with E-state index in [4.69, 9.17) is 21.4 Å². The van der Waals surface area contributed by atoms with Gasteiger partial charge in [-0.1, -0.05) is 30.3 Å². The van der Waals surface area contributed by atoms with E-state index in [0.29, 0.717) is 23.9 Å². The van der Waals surface area contributed by atoms with E-state index in [1.807, 2.05) is 32.0 Å². The Kier molecular flexibility index (Phi) is 5.66. The van der Waals surface area contributed by atoms with E-state index in [2.05, 4.69) is 11.9 Å². The van der Waals surface area contributed by atoms with Gasteiger partial charge in [-0.15, -0.1) is 0 Å². The monoisotopic (exact) mass is 269 g/mol. The first-order valence-electron chi connectivity index (χ1n) is 5.86. The Labute approximate surface area is 113 Å². The van der Waals surface area contributed by atoms with Crippen LogP contribution in [0.4, 0.5) is 0 Å². The maximum absolute atomic E-state index is 9.15. The van der Waals surface area contributed by atoms with Crippen molar-refractivity contribution < 1.29 is 9.84 Å². The molecule has 0 aromatic heterocycles. The molecule has 0 heterocycles. The SMILES string of the molecule is C=CCOc1ccc(CNC(C)(C)CO)cc1Cl. The van der Waals surface area contributed by atoms with E-state index in [0.717, 1.165) is 5.56 Å². The molecule has 0 atom stereocenters. The maximum atomic E-state index is 9.15. The molecule has 0 spiro atoms. The molecule has 0 radical (unpaired) electrons. The van der Waals surface area contributed by atoms with E-state index >= 15 is 0 Å². The summed E-state index contributed by atoms with van der Waals surface area (Å²) in [5, 5.41) is 13.0. The van der Waals surface area contributed by atoms with E-state index in [1.165, 1.54) is 0 Å². The Morgan fingerprint density at radius 1 is 1.50 bits per heavy atom. The molecule has 4 heteroatoms. The normalized spacial score (nSPS) is 11.3. The van der Waals surface area contributed by atoms with Gasteiger partial charge in [-0.05, 0) is 31.5 Å². The average molecular weight is 270 g/mol. The van der Waals surface area contributed by atoms with Gasteiger partial charge < -0.3 is 15.2 Å². The van der Waals surface area contributed by atoms with Crippen LogP contribution in [0.25, 0.3) is 0 Å². The van der Waals surface area contributed by atoms with Gasteiger partial charge in [-0.3, -0.25) is 0 Å². The van der Waals surface area contributed by atoms with Crippen molar-refractivity contribution in [1.82, 2.24) is 5.32 Å². The minimum Gasteiger partial charge on any atom is -0.488 e. The van der Waals surface area contributed by atoms with Crippen LogP contribution < -0.4 is 10.1 Å². The summed E-state index contributed by atoms with van der Waals surface area (Å²) < 4.78 is 5.40. The number of hydrogen-bond acceptors (Lipinski definition) is 3. The molecule has 1 aromatic carbocycles. The number of aliphatic hydroxyl groups excluding tert-OH is 1. The fourth-order valence-corrected chi connectivity index (χ4v) is 1.58. The van der Waals surface area contributed by atoms with Crippen molar-refractivity contribution in [3.05, 3.63) is 41.4 Å². The zero-order valence-electron chi connectivity index (χ0n) is 10.9. The van der Waals surface area contributed by atoms with Crippen molar-refractivity contribution in [2.75, 3.05) is 13.2 Å². The minimum atomic E-state index is -0.301. The molecule has 0 fully saturated rings. The number of aliphatic hydroxyl groups is 1. The first kappa shape index (κ1) is 15.0. The van der Waals surface area contributed by atoms with Gasteiger partial charge in [0.2, 0.25) is 0 Å². The van der Waals surface area contributed by atoms with E-state index in [-0.39, 0.29) is 12.1 Å². The smallest absolute Gasteiger partial charge is 0.138 e. The second-order valence-corrected chi connectivity index (χ2v) is 5.17. The summed E-state index contributed by atoms with van der Waals surface area (Å²) in [4.78, 5) is 0. The third-order valence-electron chi connectivity index (χ3n) is 2.52. The highest BCUT2D eigenvalue weighted by atomic mass is 35.5. The number of ether oxygens (including phenoxy) is 1. The minimum absolute atomic E-state index is 0.0846. The van der Waals surface area contributed by atoms with Crippen molar-refractivity contribution in [2.24, 2.45) is 0 Å². The second kappa shape index (κ2) is 6.78. The van der Waals surface area contributed by atoms with Crippen molar-refractivity contribution in [2.45, 2.75) is 25.9 Å². The molecule has 0 saturated carbocycles. The Hall–Kier alpha value is -1.03. The Bertz CT molecular complexity index is 405. The van der Waals surface area contributed by atoms with Crippen molar-refractivity contribution in [3.8, 4) is 5.75 Å². The van der Waals surface area contributed by atoms with Gasteiger partial charge in [-0.2, -0.15) is 0 Å². The van der Waals surface area contributed by atoms with Crippen LogP contribution in [0.15, 0.2) is 30.9 Å². The van der Waals surface area contributed by atoms with Crippen LogP contribution >= 0.6 is 11.6 Å². The van der Waals surface area contributed by atoms with E-state index in [1.54, 1.807) is 6.08 Å². The number of benzene rings is 1. The average Bonchev–Trinajstić information content (AvgIpc) is 2.35. The molecule has 0 aliphatic rings. The van der Waals surface area contributed by atoms with Crippen LogP contribution in [0.3, 0.4) is 0 Å². The first-order valence-corrected chi connectivity index (χ1v) is 6.24. The molecule has 3 nitrogen and oxygen atoms in total. The highest BCUT2D eigenvalue weighted by Crippen LogP contribution is 2.25. The fourth-order valence-electron chi connectivity index (χ4n) is 1.32. The van der Waals surface area contributed by atoms with Crippen LogP contribution in [0.5, 0.6) is 5.75 Å². The lowest BCUT2D eigenvalue weighted by Gasteiger charge is -2.23. The van der Waals surface area contributed by atoms with Gasteiger partial charge in [-0.25, -0.2) is 0 Å². The lowest BCUT2D eigenvalue weighted by atomic mass is 10.1. The summed E-state index contributed by atoms with van der Waals surface area (Å²) in [6.07, 6.45) is 1.68. The number of nitrogens with one attached hydrogen (secondary N) is 1. The van der Waals surface area contributed by atoms with Crippen LogP contribution in [-0.4, -0.2) is 23.9 Å². The molecular formula is C14H20ClNO2. The first-order chi connectivity index (χ1) is 8.48. The van der Waals surface area contributed by atoms with Crippen molar-refractivity contribution in [1.29, 1.82) is 0 Å². The van der Waals surface area contributed by atoms with Crippen LogP contribution in [0.1, 0.15) is 19.4 Å². The molecule has 0 unspecified atom stereocenters. The standard InChI is InChI=1S/C14H20ClNO2/c1-4-7-18-13-6-5-11(8-12(13)15)9-16-14(2,3)10-17/h4-6,8,16-17H,1,7,9-10H2,2-3H3. The van der Waals surface area contributed by atoms with Crippen molar-refractivity contribution >= 4 is 11.6 Å². The predicted octanol–water partition coefficient (Wildman–Crippen LogP) is 2.77. The van der Waals surface area contributed by atoms with Gasteiger partial charge in [0.05, 0.1) is 11.6 Å². The molecule has 0 amide bonds. The summed E-state index contributed by atoms with van der Waals surface area (Å²) in [5.74, 6) is 0.654. The fraction of sp³-hybridized carbons (Fsp3) is 0.429. The van der Waals surface area contributed by atoms with Gasteiger partial charge in [0.25, 0.3) is 0 Å². The lowest BCUT2D eigenvalue weighted by Crippen LogP contribution is -2.42. The zero-order valence-corrected chi connectivity index (χ0v) is 11.6. The molecule has 100 valence electrons. The molecule has 0 bridgehead atoms. The van der Waals surface area contributed by atoms with Crippen LogP contribution in [0.2, 0.25) is 5.02 Å². The summed E-state index contributed by atoms with van der Waals surface area (Å²) in [6, 6.07) is 5.65. The number of hydrogen-bond donors (Lipinski definition) is 2. The Morgan fingerprint density at radius 3 is 2.78 bits per heavy atom. The molecule has 1 rings (SSSR count). The number of rotatable bonds is 7. The van der Waals surface area contributed by atoms with Gasteiger partial charge >= 0.3 is 0 Å². The molecule has 0 aliphatic heterocycles. The van der Waals surface area contributed by atoms with Crippen LogP contribution in [0, 0.1) is 0 Å².